The van der Waals surface area contributed by atoms with Crippen molar-refractivity contribution in [2.24, 2.45) is 5.73 Å². The van der Waals surface area contributed by atoms with Crippen LogP contribution >= 0.6 is 0 Å². The molecule has 0 amide bonds. The van der Waals surface area contributed by atoms with Gasteiger partial charge in [-0.2, -0.15) is 0 Å². The average molecular weight is 256 g/mol. The van der Waals surface area contributed by atoms with Crippen molar-refractivity contribution in [3.63, 3.8) is 0 Å². The summed E-state index contributed by atoms with van der Waals surface area (Å²) in [5.74, 6) is 0. The molecule has 1 fully saturated rings. The van der Waals surface area contributed by atoms with Crippen LogP contribution in [0.4, 0.5) is 0 Å². The highest BCUT2D eigenvalue weighted by Crippen LogP contribution is 2.22. The predicted octanol–water partition coefficient (Wildman–Crippen LogP) is 2.78. The van der Waals surface area contributed by atoms with Gasteiger partial charge in [0.25, 0.3) is 0 Å². The Morgan fingerprint density at radius 1 is 1.28 bits per heavy atom. The molecule has 0 saturated carbocycles. The molecule has 3 unspecified atom stereocenters. The van der Waals surface area contributed by atoms with Crippen LogP contribution in [0.3, 0.4) is 0 Å². The molecular formula is C15H32N2O. The number of hydrogen-bond acceptors (Lipinski definition) is 3. The molecular weight excluding hydrogens is 224 g/mol. The minimum atomic E-state index is 0.365. The molecule has 2 N–H and O–H groups in total. The highest BCUT2D eigenvalue weighted by atomic mass is 16.5. The summed E-state index contributed by atoms with van der Waals surface area (Å²) >= 11 is 0. The maximum absolute atomic E-state index is 5.95. The van der Waals surface area contributed by atoms with Crippen molar-refractivity contribution >= 4 is 0 Å². The summed E-state index contributed by atoms with van der Waals surface area (Å²) in [5.41, 5.74) is 5.95. The van der Waals surface area contributed by atoms with E-state index in [1.165, 1.54) is 38.5 Å². The van der Waals surface area contributed by atoms with E-state index in [9.17, 15) is 0 Å². The number of likely N-dealkylation sites (N-methyl/N-ethyl adjacent to an activating group) is 1. The average Bonchev–Trinajstić information content (AvgIpc) is 2.79. The molecule has 0 aromatic heterocycles. The molecule has 108 valence electrons. The maximum atomic E-state index is 5.95. The van der Waals surface area contributed by atoms with E-state index in [1.54, 1.807) is 0 Å². The molecule has 18 heavy (non-hydrogen) atoms. The number of rotatable bonds is 9. The van der Waals surface area contributed by atoms with E-state index in [0.29, 0.717) is 18.2 Å². The largest absolute Gasteiger partial charge is 0.377 e. The summed E-state index contributed by atoms with van der Waals surface area (Å²) in [7, 11) is 2.22. The summed E-state index contributed by atoms with van der Waals surface area (Å²) in [6.45, 7) is 6.12. The van der Waals surface area contributed by atoms with Gasteiger partial charge in [-0.1, -0.05) is 39.0 Å². The van der Waals surface area contributed by atoms with Gasteiger partial charge >= 0.3 is 0 Å². The zero-order chi connectivity index (χ0) is 13.4. The number of nitrogens with zero attached hydrogens (tertiary/aromatic N) is 1. The second kappa shape index (κ2) is 8.89. The maximum Gasteiger partial charge on any atom is 0.0703 e. The van der Waals surface area contributed by atoms with Gasteiger partial charge in [-0.15, -0.1) is 0 Å². The Balaban J connectivity index is 2.26. The Morgan fingerprint density at radius 3 is 2.56 bits per heavy atom. The molecule has 1 aliphatic heterocycles. The van der Waals surface area contributed by atoms with E-state index in [4.69, 9.17) is 10.5 Å². The Bertz CT molecular complexity index is 211. The smallest absolute Gasteiger partial charge is 0.0703 e. The first-order valence-corrected chi connectivity index (χ1v) is 7.74. The minimum Gasteiger partial charge on any atom is -0.377 e. The van der Waals surface area contributed by atoms with Gasteiger partial charge in [-0.3, -0.25) is 4.90 Å². The Hall–Kier alpha value is -0.120. The van der Waals surface area contributed by atoms with Gasteiger partial charge in [0.1, 0.15) is 0 Å². The van der Waals surface area contributed by atoms with Crippen LogP contribution in [-0.2, 0) is 4.74 Å². The monoisotopic (exact) mass is 256 g/mol. The fourth-order valence-electron chi connectivity index (χ4n) is 3.00. The lowest BCUT2D eigenvalue weighted by atomic mass is 10.0. The van der Waals surface area contributed by atoms with Crippen molar-refractivity contribution in [3.05, 3.63) is 0 Å². The van der Waals surface area contributed by atoms with E-state index in [-0.39, 0.29) is 0 Å². The molecule has 1 aliphatic rings. The minimum absolute atomic E-state index is 0.365. The molecule has 1 saturated heterocycles. The lowest BCUT2D eigenvalue weighted by molar-refractivity contribution is 0.0664. The predicted molar refractivity (Wildman–Crippen MR) is 77.8 cm³/mol. The molecule has 3 heteroatoms. The van der Waals surface area contributed by atoms with E-state index in [0.717, 1.165) is 19.6 Å². The van der Waals surface area contributed by atoms with Crippen LogP contribution in [0.15, 0.2) is 0 Å². The second-order valence-electron chi connectivity index (χ2n) is 5.69. The summed E-state index contributed by atoms with van der Waals surface area (Å²) in [4.78, 5) is 2.47. The molecule has 0 aromatic carbocycles. The highest BCUT2D eigenvalue weighted by Gasteiger charge is 2.30. The van der Waals surface area contributed by atoms with Gasteiger partial charge in [0.05, 0.1) is 6.10 Å². The van der Waals surface area contributed by atoms with Gasteiger partial charge in [0.2, 0.25) is 0 Å². The molecule has 0 aromatic rings. The fraction of sp³-hybridized carbons (Fsp3) is 1.00. The third-order valence-corrected chi connectivity index (χ3v) is 4.35. The first-order valence-electron chi connectivity index (χ1n) is 7.74. The first-order chi connectivity index (χ1) is 8.70. The van der Waals surface area contributed by atoms with Crippen LogP contribution in [0.2, 0.25) is 0 Å². The van der Waals surface area contributed by atoms with Crippen molar-refractivity contribution in [1.82, 2.24) is 4.90 Å². The Labute approximate surface area is 113 Å². The Morgan fingerprint density at radius 2 is 2.00 bits per heavy atom. The van der Waals surface area contributed by atoms with Gasteiger partial charge < -0.3 is 10.5 Å². The van der Waals surface area contributed by atoms with Crippen molar-refractivity contribution in [2.75, 3.05) is 20.2 Å². The molecule has 0 bridgehead atoms. The molecule has 0 aliphatic carbocycles. The van der Waals surface area contributed by atoms with Gasteiger partial charge in [-0.25, -0.2) is 0 Å². The second-order valence-corrected chi connectivity index (χ2v) is 5.69. The zero-order valence-electron chi connectivity index (χ0n) is 12.5. The van der Waals surface area contributed by atoms with Crippen LogP contribution in [0.5, 0.6) is 0 Å². The summed E-state index contributed by atoms with van der Waals surface area (Å²) < 4.78 is 5.66. The summed E-state index contributed by atoms with van der Waals surface area (Å²) in [6, 6.07) is 1.09. The van der Waals surface area contributed by atoms with Gasteiger partial charge in [-0.05, 0) is 26.8 Å². The summed E-state index contributed by atoms with van der Waals surface area (Å²) in [6.07, 6.45) is 9.49. The number of hydrogen-bond donors (Lipinski definition) is 1. The van der Waals surface area contributed by atoms with Crippen molar-refractivity contribution in [3.8, 4) is 0 Å². The molecule has 3 atom stereocenters. The van der Waals surface area contributed by atoms with Crippen molar-refractivity contribution in [1.29, 1.82) is 0 Å². The van der Waals surface area contributed by atoms with E-state index >= 15 is 0 Å². The molecule has 1 heterocycles. The lowest BCUT2D eigenvalue weighted by Crippen LogP contribution is -2.47. The van der Waals surface area contributed by atoms with Crippen LogP contribution in [0.25, 0.3) is 0 Å². The van der Waals surface area contributed by atoms with Crippen molar-refractivity contribution in [2.45, 2.75) is 77.0 Å². The van der Waals surface area contributed by atoms with Crippen LogP contribution in [0, 0.1) is 0 Å². The van der Waals surface area contributed by atoms with Crippen molar-refractivity contribution < 1.29 is 4.74 Å². The molecule has 1 rings (SSSR count). The number of ether oxygens (including phenoxy) is 1. The fourth-order valence-corrected chi connectivity index (χ4v) is 3.00. The zero-order valence-corrected chi connectivity index (χ0v) is 12.5. The van der Waals surface area contributed by atoms with E-state index in [2.05, 4.69) is 25.8 Å². The molecule has 0 radical (unpaired) electrons. The normalized spacial score (nSPS) is 25.8. The topological polar surface area (TPSA) is 38.5 Å². The summed E-state index contributed by atoms with van der Waals surface area (Å²) in [5, 5.41) is 0. The standard InChI is InChI=1S/C15H32N2O/c1-4-5-6-7-8-9-14(12-16)17(3)15-10-11-18-13(15)2/h13-15H,4-12,16H2,1-3H3. The molecule has 3 nitrogen and oxygen atoms in total. The van der Waals surface area contributed by atoms with Gasteiger partial charge in [0, 0.05) is 25.2 Å². The number of unbranched alkanes of at least 4 members (excludes halogenated alkanes) is 4. The Kier molecular flexibility index (Phi) is 7.87. The van der Waals surface area contributed by atoms with Crippen LogP contribution in [0.1, 0.15) is 58.8 Å². The highest BCUT2D eigenvalue weighted by molar-refractivity contribution is 4.84. The molecule has 0 spiro atoms. The lowest BCUT2D eigenvalue weighted by Gasteiger charge is -2.33. The van der Waals surface area contributed by atoms with E-state index < -0.39 is 0 Å². The number of nitrogens with two attached hydrogens (primary N) is 1. The quantitative estimate of drug-likeness (QED) is 0.645. The van der Waals surface area contributed by atoms with E-state index in [1.807, 2.05) is 0 Å². The third kappa shape index (κ3) is 4.87. The van der Waals surface area contributed by atoms with Crippen LogP contribution < -0.4 is 5.73 Å². The first kappa shape index (κ1) is 15.9. The van der Waals surface area contributed by atoms with Gasteiger partial charge in [0.15, 0.2) is 0 Å². The van der Waals surface area contributed by atoms with Crippen LogP contribution in [-0.4, -0.2) is 43.3 Å². The SMILES string of the molecule is CCCCCCCC(CN)N(C)C1CCOC1C. The third-order valence-electron chi connectivity index (χ3n) is 4.35.